The monoisotopic (exact) mass is 320 g/mol. The van der Waals surface area contributed by atoms with Crippen LogP contribution in [0.2, 0.25) is 0 Å². The van der Waals surface area contributed by atoms with Crippen molar-refractivity contribution in [2.75, 3.05) is 13.1 Å². The zero-order valence-electron chi connectivity index (χ0n) is 12.8. The summed E-state index contributed by atoms with van der Waals surface area (Å²) in [6.45, 7) is 3.79. The number of amides is 1. The Bertz CT molecular complexity index is 786. The van der Waals surface area contributed by atoms with Crippen LogP contribution >= 0.6 is 0 Å². The molecule has 0 saturated carbocycles. The van der Waals surface area contributed by atoms with Crippen LogP contribution in [-0.4, -0.2) is 52.2 Å². The molecule has 1 aliphatic rings. The maximum absolute atomic E-state index is 13.5. The van der Waals surface area contributed by atoms with Crippen LogP contribution in [0.4, 0.5) is 4.39 Å². The lowest BCUT2D eigenvalue weighted by Crippen LogP contribution is -2.51. The van der Waals surface area contributed by atoms with Gasteiger partial charge in [0.2, 0.25) is 0 Å². The summed E-state index contributed by atoms with van der Waals surface area (Å²) >= 11 is 0. The van der Waals surface area contributed by atoms with E-state index in [0.29, 0.717) is 17.8 Å². The van der Waals surface area contributed by atoms with Gasteiger partial charge in [-0.05, 0) is 37.6 Å². The number of ether oxygens (including phenoxy) is 1. The first-order valence-electron chi connectivity index (χ1n) is 7.31. The molecule has 6 nitrogen and oxygen atoms in total. The highest BCUT2D eigenvalue weighted by molar-refractivity contribution is 5.99. The van der Waals surface area contributed by atoms with E-state index in [-0.39, 0.29) is 24.4 Å². The first-order valence-corrected chi connectivity index (χ1v) is 7.31. The molecule has 0 spiro atoms. The van der Waals surface area contributed by atoms with Crippen LogP contribution in [0.3, 0.4) is 0 Å². The molecule has 2 heterocycles. The number of rotatable bonds is 2. The van der Waals surface area contributed by atoms with Gasteiger partial charge in [0.25, 0.3) is 5.91 Å². The van der Waals surface area contributed by atoms with E-state index in [0.717, 1.165) is 10.9 Å². The van der Waals surface area contributed by atoms with E-state index in [1.165, 1.54) is 17.0 Å². The van der Waals surface area contributed by atoms with E-state index in [2.05, 4.69) is 4.98 Å². The highest BCUT2D eigenvalue weighted by Gasteiger charge is 2.33. The number of carbonyl (C=O) groups is 2. The molecule has 0 bridgehead atoms. The molecule has 1 aromatic carbocycles. The molecule has 0 aliphatic carbocycles. The van der Waals surface area contributed by atoms with Crippen molar-refractivity contribution >= 4 is 22.8 Å². The number of nitrogens with one attached hydrogen (secondary N) is 1. The van der Waals surface area contributed by atoms with Crippen molar-refractivity contribution in [3.05, 3.63) is 35.3 Å². The number of halogens is 1. The van der Waals surface area contributed by atoms with Crippen molar-refractivity contribution in [1.82, 2.24) is 9.88 Å². The fraction of sp³-hybridized carbons (Fsp3) is 0.375. The van der Waals surface area contributed by atoms with Gasteiger partial charge in [-0.25, -0.2) is 9.18 Å². The number of aromatic nitrogens is 1. The normalized spacial score (nSPS) is 21.6. The number of carboxylic acid groups (broad SMARTS) is 1. The number of carbonyl (C=O) groups excluding carboxylic acids is 1. The lowest BCUT2D eigenvalue weighted by Gasteiger charge is -2.34. The molecule has 1 amide bonds. The zero-order chi connectivity index (χ0) is 16.7. The van der Waals surface area contributed by atoms with Gasteiger partial charge in [0.15, 0.2) is 6.10 Å². The molecule has 1 saturated heterocycles. The first kappa shape index (κ1) is 15.5. The summed E-state index contributed by atoms with van der Waals surface area (Å²) in [6.07, 6.45) is -1.40. The number of aliphatic carboxylic acids is 1. The van der Waals surface area contributed by atoms with Crippen LogP contribution < -0.4 is 0 Å². The second-order valence-electron chi connectivity index (χ2n) is 5.85. The number of carboxylic acids is 1. The number of aromatic amines is 1. The van der Waals surface area contributed by atoms with Gasteiger partial charge in [-0.1, -0.05) is 0 Å². The predicted octanol–water partition coefficient (Wildman–Crippen LogP) is 1.93. The number of H-pyrrole nitrogens is 1. The third-order valence-electron chi connectivity index (χ3n) is 3.96. The second-order valence-corrected chi connectivity index (χ2v) is 5.85. The van der Waals surface area contributed by atoms with Gasteiger partial charge in [0, 0.05) is 17.4 Å². The number of fused-ring (bicyclic) bond motifs is 1. The van der Waals surface area contributed by atoms with Gasteiger partial charge in [-0.2, -0.15) is 0 Å². The van der Waals surface area contributed by atoms with Crippen LogP contribution in [0.5, 0.6) is 0 Å². The Balaban J connectivity index is 1.90. The van der Waals surface area contributed by atoms with Crippen LogP contribution in [0, 0.1) is 12.7 Å². The van der Waals surface area contributed by atoms with Gasteiger partial charge in [0.05, 0.1) is 12.6 Å². The van der Waals surface area contributed by atoms with E-state index in [4.69, 9.17) is 9.84 Å². The Hall–Kier alpha value is -2.41. The highest BCUT2D eigenvalue weighted by Crippen LogP contribution is 2.23. The molecule has 0 radical (unpaired) electrons. The Labute approximate surface area is 131 Å². The summed E-state index contributed by atoms with van der Waals surface area (Å²) in [5.74, 6) is -1.78. The molecule has 23 heavy (non-hydrogen) atoms. The van der Waals surface area contributed by atoms with Gasteiger partial charge < -0.3 is 19.7 Å². The number of nitrogens with zero attached hydrogens (tertiary/aromatic N) is 1. The van der Waals surface area contributed by atoms with Crippen molar-refractivity contribution in [3.8, 4) is 0 Å². The second kappa shape index (κ2) is 5.66. The Morgan fingerprint density at radius 1 is 1.35 bits per heavy atom. The smallest absolute Gasteiger partial charge is 0.334 e. The highest BCUT2D eigenvalue weighted by atomic mass is 19.1. The van der Waals surface area contributed by atoms with Crippen LogP contribution in [0.1, 0.15) is 23.0 Å². The summed E-state index contributed by atoms with van der Waals surface area (Å²) in [6, 6.07) is 4.41. The van der Waals surface area contributed by atoms with Crippen LogP contribution in [-0.2, 0) is 9.53 Å². The molecule has 1 fully saturated rings. The van der Waals surface area contributed by atoms with E-state index < -0.39 is 12.1 Å². The van der Waals surface area contributed by atoms with E-state index in [1.54, 1.807) is 19.9 Å². The van der Waals surface area contributed by atoms with E-state index >= 15 is 0 Å². The summed E-state index contributed by atoms with van der Waals surface area (Å²) in [7, 11) is 0. The molecule has 1 aliphatic heterocycles. The average Bonchev–Trinajstić information content (AvgIpc) is 2.89. The molecule has 7 heteroatoms. The molecular formula is C16H17FN2O4. The van der Waals surface area contributed by atoms with Crippen molar-refractivity contribution in [2.24, 2.45) is 0 Å². The quantitative estimate of drug-likeness (QED) is 0.886. The van der Waals surface area contributed by atoms with Crippen molar-refractivity contribution in [3.63, 3.8) is 0 Å². The Kier molecular flexibility index (Phi) is 3.81. The van der Waals surface area contributed by atoms with Crippen LogP contribution in [0.25, 0.3) is 10.9 Å². The zero-order valence-corrected chi connectivity index (χ0v) is 12.8. The predicted molar refractivity (Wildman–Crippen MR) is 80.9 cm³/mol. The molecule has 3 rings (SSSR count). The molecule has 2 atom stereocenters. The number of hydrogen-bond acceptors (Lipinski definition) is 3. The first-order chi connectivity index (χ1) is 10.8. The molecule has 2 aromatic rings. The maximum atomic E-state index is 13.5. The van der Waals surface area contributed by atoms with E-state index in [9.17, 15) is 14.0 Å². The molecule has 1 aromatic heterocycles. The molecule has 1 unspecified atom stereocenters. The summed E-state index contributed by atoms with van der Waals surface area (Å²) in [5, 5.41) is 9.86. The van der Waals surface area contributed by atoms with Crippen LogP contribution in [0.15, 0.2) is 18.2 Å². The largest absolute Gasteiger partial charge is 0.479 e. The minimum Gasteiger partial charge on any atom is -0.479 e. The number of hydrogen-bond donors (Lipinski definition) is 2. The fourth-order valence-corrected chi connectivity index (χ4v) is 2.91. The number of benzene rings is 1. The lowest BCUT2D eigenvalue weighted by atomic mass is 10.1. The Morgan fingerprint density at radius 2 is 2.09 bits per heavy atom. The summed E-state index contributed by atoms with van der Waals surface area (Å²) in [4.78, 5) is 28.1. The SMILES string of the molecule is Cc1cc(F)cc2[nH]c(C(=O)N3CC(C(=O)O)O[C@H](C)C3)cc12. The molecule has 2 N–H and O–H groups in total. The third kappa shape index (κ3) is 2.92. The fourth-order valence-electron chi connectivity index (χ4n) is 2.91. The maximum Gasteiger partial charge on any atom is 0.334 e. The van der Waals surface area contributed by atoms with E-state index in [1.807, 2.05) is 0 Å². The Morgan fingerprint density at radius 3 is 2.78 bits per heavy atom. The third-order valence-corrected chi connectivity index (χ3v) is 3.96. The van der Waals surface area contributed by atoms with Crippen molar-refractivity contribution in [2.45, 2.75) is 26.1 Å². The number of aryl methyl sites for hydroxylation is 1. The van der Waals surface area contributed by atoms with Gasteiger partial charge >= 0.3 is 5.97 Å². The summed E-state index contributed by atoms with van der Waals surface area (Å²) < 4.78 is 18.8. The summed E-state index contributed by atoms with van der Waals surface area (Å²) in [5.41, 5.74) is 1.59. The minimum absolute atomic E-state index is 0.0127. The standard InChI is InChI=1S/C16H17FN2O4/c1-8-3-10(17)4-12-11(8)5-13(18-12)15(20)19-6-9(2)23-14(7-19)16(21)22/h3-5,9,14,18H,6-7H2,1-2H3,(H,21,22)/t9-,14?/m1/s1. The topological polar surface area (TPSA) is 82.6 Å². The van der Waals surface area contributed by atoms with Gasteiger partial charge in [-0.15, -0.1) is 0 Å². The van der Waals surface area contributed by atoms with Gasteiger partial charge in [0.1, 0.15) is 11.5 Å². The lowest BCUT2D eigenvalue weighted by molar-refractivity contribution is -0.160. The number of morpholine rings is 1. The molecule has 122 valence electrons. The minimum atomic E-state index is -1.09. The average molecular weight is 320 g/mol. The van der Waals surface area contributed by atoms with Crippen molar-refractivity contribution < 1.29 is 23.8 Å². The van der Waals surface area contributed by atoms with Crippen molar-refractivity contribution in [1.29, 1.82) is 0 Å². The molecular weight excluding hydrogens is 303 g/mol. The van der Waals surface area contributed by atoms with Gasteiger partial charge in [-0.3, -0.25) is 4.79 Å².